The Morgan fingerprint density at radius 1 is 1.32 bits per heavy atom. The Hall–Kier alpha value is -2.32. The van der Waals surface area contributed by atoms with E-state index >= 15 is 0 Å². The molecule has 0 spiro atoms. The number of rotatable bonds is 2. The van der Waals surface area contributed by atoms with Crippen molar-refractivity contribution in [3.63, 3.8) is 0 Å². The van der Waals surface area contributed by atoms with Crippen LogP contribution in [0.1, 0.15) is 31.4 Å². The average Bonchev–Trinajstić information content (AvgIpc) is 2.88. The topological polar surface area (TPSA) is 81.8 Å². The Morgan fingerprint density at radius 2 is 2.00 bits per heavy atom. The molecule has 2 aliphatic rings. The van der Waals surface area contributed by atoms with Crippen molar-refractivity contribution in [1.82, 2.24) is 15.3 Å². The van der Waals surface area contributed by atoms with Crippen LogP contribution in [0.5, 0.6) is 0 Å². The number of carbonyl (C=O) groups excluding carboxylic acids is 3. The highest BCUT2D eigenvalue weighted by Crippen LogP contribution is 2.33. The SMILES string of the molecule is Cc1ccc(C)c(NC(=O)[C@@H]2CC(=O)N3C(=S)NC(=O)C(C)(C)N23)c1. The van der Waals surface area contributed by atoms with Gasteiger partial charge >= 0.3 is 0 Å². The van der Waals surface area contributed by atoms with Crippen molar-refractivity contribution in [3.05, 3.63) is 29.3 Å². The lowest BCUT2D eigenvalue weighted by Crippen LogP contribution is -2.71. The van der Waals surface area contributed by atoms with Gasteiger partial charge in [0.15, 0.2) is 5.11 Å². The molecular formula is C17H20N4O3S. The Balaban J connectivity index is 1.92. The molecule has 3 amide bonds. The maximum Gasteiger partial charge on any atom is 0.248 e. The average molecular weight is 360 g/mol. The van der Waals surface area contributed by atoms with Crippen LogP contribution < -0.4 is 10.6 Å². The van der Waals surface area contributed by atoms with Gasteiger partial charge in [-0.05, 0) is 57.1 Å². The van der Waals surface area contributed by atoms with E-state index in [4.69, 9.17) is 12.2 Å². The highest BCUT2D eigenvalue weighted by atomic mass is 32.1. The minimum absolute atomic E-state index is 0.0105. The lowest BCUT2D eigenvalue weighted by atomic mass is 10.00. The molecule has 2 aliphatic heterocycles. The fourth-order valence-corrected chi connectivity index (χ4v) is 3.43. The normalized spacial score (nSPS) is 22.6. The van der Waals surface area contributed by atoms with Gasteiger partial charge in [0.25, 0.3) is 0 Å². The number of nitrogens with one attached hydrogen (secondary N) is 2. The van der Waals surface area contributed by atoms with Gasteiger partial charge in [-0.25, -0.2) is 5.01 Å². The van der Waals surface area contributed by atoms with Crippen molar-refractivity contribution in [3.8, 4) is 0 Å². The predicted molar refractivity (Wildman–Crippen MR) is 96.5 cm³/mol. The number of hydrogen-bond donors (Lipinski definition) is 2. The first-order chi connectivity index (χ1) is 11.6. The van der Waals surface area contributed by atoms with E-state index in [9.17, 15) is 14.4 Å². The van der Waals surface area contributed by atoms with E-state index in [0.29, 0.717) is 5.69 Å². The quantitative estimate of drug-likeness (QED) is 0.776. The summed E-state index contributed by atoms with van der Waals surface area (Å²) in [6.07, 6.45) is -0.0325. The molecule has 25 heavy (non-hydrogen) atoms. The van der Waals surface area contributed by atoms with Gasteiger partial charge in [0.05, 0.1) is 6.42 Å². The Morgan fingerprint density at radius 3 is 2.68 bits per heavy atom. The number of anilines is 1. The molecule has 0 aliphatic carbocycles. The van der Waals surface area contributed by atoms with Gasteiger partial charge in [-0.15, -0.1) is 0 Å². The molecule has 132 valence electrons. The zero-order chi connectivity index (χ0) is 18.5. The van der Waals surface area contributed by atoms with Crippen LogP contribution in [0.3, 0.4) is 0 Å². The third-order valence-corrected chi connectivity index (χ3v) is 4.88. The summed E-state index contributed by atoms with van der Waals surface area (Å²) in [6.45, 7) is 7.16. The predicted octanol–water partition coefficient (Wildman–Crippen LogP) is 1.25. The van der Waals surface area contributed by atoms with Crippen LogP contribution in [-0.2, 0) is 14.4 Å². The van der Waals surface area contributed by atoms with Crippen LogP contribution in [0.4, 0.5) is 5.69 Å². The summed E-state index contributed by atoms with van der Waals surface area (Å²) in [6, 6.07) is 4.96. The minimum atomic E-state index is -1.07. The summed E-state index contributed by atoms with van der Waals surface area (Å²) < 4.78 is 0. The number of amides is 3. The van der Waals surface area contributed by atoms with Crippen molar-refractivity contribution < 1.29 is 14.4 Å². The summed E-state index contributed by atoms with van der Waals surface area (Å²) >= 11 is 5.11. The number of hydrogen-bond acceptors (Lipinski definition) is 5. The van der Waals surface area contributed by atoms with Gasteiger partial charge < -0.3 is 5.32 Å². The standard InChI is InChI=1S/C17H20N4O3S/c1-9-5-6-10(2)11(7-9)18-14(23)12-8-13(22)20-16(25)19-15(24)17(3,4)21(12)20/h5-7,12H,8H2,1-4H3,(H,18,23)(H,19,24,25)/t12-/m0/s1. The number of thiocarbonyl (C=S) groups is 1. The van der Waals surface area contributed by atoms with Crippen molar-refractivity contribution in [2.75, 3.05) is 5.32 Å². The van der Waals surface area contributed by atoms with Gasteiger partial charge in [-0.1, -0.05) is 12.1 Å². The second-order valence-corrected chi connectivity index (χ2v) is 7.28. The minimum Gasteiger partial charge on any atom is -0.324 e. The first-order valence-electron chi connectivity index (χ1n) is 7.98. The Bertz CT molecular complexity index is 805. The molecule has 0 unspecified atom stereocenters. The molecule has 0 aromatic heterocycles. The van der Waals surface area contributed by atoms with Crippen molar-refractivity contribution >= 4 is 40.7 Å². The van der Waals surface area contributed by atoms with Gasteiger partial charge in [0, 0.05) is 5.69 Å². The number of hydrazine groups is 1. The molecule has 1 aromatic rings. The molecule has 2 fully saturated rings. The second kappa shape index (κ2) is 5.89. The molecule has 1 aromatic carbocycles. The molecule has 0 bridgehead atoms. The van der Waals surface area contributed by atoms with Crippen LogP contribution >= 0.6 is 12.2 Å². The van der Waals surface area contributed by atoms with Gasteiger partial charge in [-0.2, -0.15) is 5.01 Å². The molecule has 8 heteroatoms. The summed E-state index contributed by atoms with van der Waals surface area (Å²) in [7, 11) is 0. The Kier molecular flexibility index (Phi) is 4.12. The van der Waals surface area contributed by atoms with E-state index in [0.717, 1.165) is 11.1 Å². The molecule has 7 nitrogen and oxygen atoms in total. The van der Waals surface area contributed by atoms with Crippen LogP contribution in [0, 0.1) is 13.8 Å². The van der Waals surface area contributed by atoms with Crippen LogP contribution in [0.15, 0.2) is 18.2 Å². The van der Waals surface area contributed by atoms with Crippen molar-refractivity contribution in [2.24, 2.45) is 0 Å². The molecule has 2 heterocycles. The first kappa shape index (κ1) is 17.5. The smallest absolute Gasteiger partial charge is 0.248 e. The number of fused-ring (bicyclic) bond motifs is 1. The van der Waals surface area contributed by atoms with Crippen molar-refractivity contribution in [1.29, 1.82) is 0 Å². The lowest BCUT2D eigenvalue weighted by Gasteiger charge is -2.45. The van der Waals surface area contributed by atoms with Crippen LogP contribution in [0.25, 0.3) is 0 Å². The zero-order valence-electron chi connectivity index (χ0n) is 14.5. The van der Waals surface area contributed by atoms with Gasteiger partial charge in [0.1, 0.15) is 11.6 Å². The van der Waals surface area contributed by atoms with E-state index in [1.165, 1.54) is 10.0 Å². The fraction of sp³-hybridized carbons (Fsp3) is 0.412. The van der Waals surface area contributed by atoms with Gasteiger partial charge in [-0.3, -0.25) is 19.7 Å². The monoisotopic (exact) mass is 360 g/mol. The Labute approximate surface area is 151 Å². The van der Waals surface area contributed by atoms with Crippen molar-refractivity contribution in [2.45, 2.75) is 45.7 Å². The summed E-state index contributed by atoms with van der Waals surface area (Å²) in [5, 5.41) is 8.12. The fourth-order valence-electron chi connectivity index (χ4n) is 3.15. The van der Waals surface area contributed by atoms with E-state index in [1.54, 1.807) is 13.8 Å². The largest absolute Gasteiger partial charge is 0.324 e. The molecule has 0 radical (unpaired) electrons. The molecule has 2 saturated heterocycles. The number of carbonyl (C=O) groups is 3. The molecule has 0 saturated carbocycles. The third-order valence-electron chi connectivity index (χ3n) is 4.61. The van der Waals surface area contributed by atoms with Gasteiger partial charge in [0.2, 0.25) is 17.7 Å². The molecular weight excluding hydrogens is 340 g/mol. The highest BCUT2D eigenvalue weighted by molar-refractivity contribution is 7.80. The summed E-state index contributed by atoms with van der Waals surface area (Å²) in [4.78, 5) is 37.5. The molecule has 2 N–H and O–H groups in total. The summed E-state index contributed by atoms with van der Waals surface area (Å²) in [5.41, 5.74) is 1.56. The molecule has 3 rings (SSSR count). The highest BCUT2D eigenvalue weighted by Gasteiger charge is 2.56. The number of nitrogens with zero attached hydrogens (tertiary/aromatic N) is 2. The second-order valence-electron chi connectivity index (χ2n) is 6.90. The molecule has 1 atom stereocenters. The third kappa shape index (κ3) is 2.81. The van der Waals surface area contributed by atoms with E-state index in [1.807, 2.05) is 32.0 Å². The maximum absolute atomic E-state index is 12.9. The van der Waals surface area contributed by atoms with E-state index < -0.39 is 11.6 Å². The van der Waals surface area contributed by atoms with Crippen LogP contribution in [0.2, 0.25) is 0 Å². The zero-order valence-corrected chi connectivity index (χ0v) is 15.4. The summed E-state index contributed by atoms with van der Waals surface area (Å²) in [5.74, 6) is -0.984. The van der Waals surface area contributed by atoms with Crippen LogP contribution in [-0.4, -0.2) is 44.4 Å². The van der Waals surface area contributed by atoms with E-state index in [-0.39, 0.29) is 29.3 Å². The van der Waals surface area contributed by atoms with E-state index in [2.05, 4.69) is 10.6 Å². The first-order valence-corrected chi connectivity index (χ1v) is 8.39. The lowest BCUT2D eigenvalue weighted by molar-refractivity contribution is -0.154. The number of aryl methyl sites for hydroxylation is 2. The number of benzene rings is 1. The maximum atomic E-state index is 12.9.